The van der Waals surface area contributed by atoms with Gasteiger partial charge in [0.1, 0.15) is 5.82 Å². The molecule has 184 valence electrons. The van der Waals surface area contributed by atoms with E-state index in [9.17, 15) is 9.18 Å². The molecule has 0 saturated carbocycles. The normalized spacial score (nSPS) is 18.1. The Bertz CT molecular complexity index is 905. The van der Waals surface area contributed by atoms with Crippen molar-refractivity contribution in [1.82, 2.24) is 20.4 Å². The summed E-state index contributed by atoms with van der Waals surface area (Å²) in [6.45, 7) is 9.14. The summed E-state index contributed by atoms with van der Waals surface area (Å²) in [5.74, 6) is 0.891. The number of rotatable bonds is 8. The van der Waals surface area contributed by atoms with Gasteiger partial charge in [-0.15, -0.1) is 0 Å². The van der Waals surface area contributed by atoms with E-state index >= 15 is 0 Å². The van der Waals surface area contributed by atoms with Crippen LogP contribution >= 0.6 is 0 Å². The van der Waals surface area contributed by atoms with E-state index in [4.69, 9.17) is 0 Å². The maximum atomic E-state index is 13.2. The minimum Gasteiger partial charge on any atom is -0.338 e. The van der Waals surface area contributed by atoms with Crippen LogP contribution < -0.4 is 10.6 Å². The third kappa shape index (κ3) is 6.80. The number of amides is 2. The second-order valence-corrected chi connectivity index (χ2v) is 9.79. The number of nitrogens with zero attached hydrogens (tertiary/aromatic N) is 2. The van der Waals surface area contributed by atoms with Crippen molar-refractivity contribution < 1.29 is 9.18 Å². The largest absolute Gasteiger partial charge is 0.338 e. The summed E-state index contributed by atoms with van der Waals surface area (Å²) < 4.78 is 13.2. The van der Waals surface area contributed by atoms with Crippen molar-refractivity contribution in [3.8, 4) is 0 Å². The van der Waals surface area contributed by atoms with E-state index in [1.54, 1.807) is 12.1 Å². The van der Waals surface area contributed by atoms with Crippen LogP contribution in [0.1, 0.15) is 55.2 Å². The number of carbonyl (C=O) groups is 1. The number of nitrogens with one attached hydrogen (secondary N) is 2. The molecular weight excluding hydrogens is 427 g/mol. The van der Waals surface area contributed by atoms with Crippen LogP contribution in [-0.2, 0) is 13.1 Å². The van der Waals surface area contributed by atoms with Gasteiger partial charge in [-0.05, 0) is 99.4 Å². The lowest BCUT2D eigenvalue weighted by Crippen LogP contribution is -2.44. The fourth-order valence-electron chi connectivity index (χ4n) is 5.39. The average Bonchev–Trinajstić information content (AvgIpc) is 2.87. The summed E-state index contributed by atoms with van der Waals surface area (Å²) in [5, 5.41) is 6.45. The summed E-state index contributed by atoms with van der Waals surface area (Å²) in [6.07, 6.45) is 4.47. The van der Waals surface area contributed by atoms with Gasteiger partial charge >= 0.3 is 6.03 Å². The van der Waals surface area contributed by atoms with Gasteiger partial charge in [0.05, 0.1) is 0 Å². The maximum Gasteiger partial charge on any atom is 0.317 e. The quantitative estimate of drug-likeness (QED) is 0.591. The molecule has 0 aliphatic carbocycles. The Morgan fingerprint density at radius 2 is 1.76 bits per heavy atom. The monoisotopic (exact) mass is 466 g/mol. The zero-order chi connectivity index (χ0) is 23.8. The first-order chi connectivity index (χ1) is 16.6. The van der Waals surface area contributed by atoms with Gasteiger partial charge in [-0.1, -0.05) is 36.4 Å². The molecule has 0 bridgehead atoms. The van der Waals surface area contributed by atoms with Crippen LogP contribution in [0.4, 0.5) is 9.18 Å². The van der Waals surface area contributed by atoms with Crippen LogP contribution in [0, 0.1) is 11.7 Å². The topological polar surface area (TPSA) is 47.6 Å². The number of halogens is 1. The predicted octanol–water partition coefficient (Wildman–Crippen LogP) is 4.74. The molecule has 0 unspecified atom stereocenters. The molecule has 2 aliphatic rings. The van der Waals surface area contributed by atoms with Gasteiger partial charge < -0.3 is 15.5 Å². The third-order valence-corrected chi connectivity index (χ3v) is 7.32. The summed E-state index contributed by atoms with van der Waals surface area (Å²) in [7, 11) is 0. The zero-order valence-corrected chi connectivity index (χ0v) is 20.4. The first-order valence-electron chi connectivity index (χ1n) is 12.9. The first-order valence-corrected chi connectivity index (χ1v) is 12.9. The number of hydrogen-bond donors (Lipinski definition) is 2. The number of piperidine rings is 2. The molecule has 2 aliphatic heterocycles. The van der Waals surface area contributed by atoms with E-state index in [0.29, 0.717) is 24.9 Å². The molecule has 5 nitrogen and oxygen atoms in total. The lowest BCUT2D eigenvalue weighted by molar-refractivity contribution is 0.176. The Kier molecular flexibility index (Phi) is 8.94. The first kappa shape index (κ1) is 24.7. The number of benzene rings is 2. The van der Waals surface area contributed by atoms with Crippen molar-refractivity contribution >= 4 is 6.03 Å². The van der Waals surface area contributed by atoms with Crippen molar-refractivity contribution in [2.24, 2.45) is 5.92 Å². The number of urea groups is 1. The molecule has 2 amide bonds. The average molecular weight is 467 g/mol. The van der Waals surface area contributed by atoms with E-state index in [1.165, 1.54) is 11.1 Å². The molecule has 0 aromatic heterocycles. The van der Waals surface area contributed by atoms with E-state index < -0.39 is 0 Å². The van der Waals surface area contributed by atoms with Crippen molar-refractivity contribution in [3.05, 3.63) is 71.0 Å². The Labute approximate surface area is 203 Å². The number of likely N-dealkylation sites (tertiary alicyclic amines) is 1. The van der Waals surface area contributed by atoms with Crippen molar-refractivity contribution in [2.75, 3.05) is 39.3 Å². The highest BCUT2D eigenvalue weighted by atomic mass is 19.1. The summed E-state index contributed by atoms with van der Waals surface area (Å²) >= 11 is 0. The Morgan fingerprint density at radius 3 is 2.47 bits per heavy atom. The van der Waals surface area contributed by atoms with Crippen LogP contribution in [0.5, 0.6) is 0 Å². The molecule has 4 rings (SSSR count). The van der Waals surface area contributed by atoms with E-state index in [0.717, 1.165) is 70.5 Å². The smallest absolute Gasteiger partial charge is 0.317 e. The number of hydrogen-bond acceptors (Lipinski definition) is 3. The molecule has 34 heavy (non-hydrogen) atoms. The molecule has 2 heterocycles. The summed E-state index contributed by atoms with van der Waals surface area (Å²) in [5.41, 5.74) is 3.83. The molecule has 0 radical (unpaired) electrons. The van der Waals surface area contributed by atoms with Crippen LogP contribution in [0.3, 0.4) is 0 Å². The van der Waals surface area contributed by atoms with Gasteiger partial charge in [0.15, 0.2) is 0 Å². The second kappa shape index (κ2) is 12.3. The van der Waals surface area contributed by atoms with E-state index in [1.807, 2.05) is 24.0 Å². The summed E-state index contributed by atoms with van der Waals surface area (Å²) in [4.78, 5) is 17.4. The lowest BCUT2D eigenvalue weighted by Gasteiger charge is -2.34. The highest BCUT2D eigenvalue weighted by molar-refractivity contribution is 5.74. The Balaban J connectivity index is 1.40. The molecule has 2 fully saturated rings. The van der Waals surface area contributed by atoms with Crippen LogP contribution in [-0.4, -0.2) is 55.1 Å². The van der Waals surface area contributed by atoms with Gasteiger partial charge in [0.25, 0.3) is 0 Å². The lowest BCUT2D eigenvalue weighted by atomic mass is 9.86. The molecule has 0 atom stereocenters. The standard InChI is InChI=1S/C28H39FN4O/c1-2-31-28(34)33(20-23-11-15-30-16-12-23)21-25-5-3-4-6-27(25)24-13-17-32(18-14-24)19-22-7-9-26(29)10-8-22/h3-10,23-24,30H,2,11-21H2,1H3,(H,31,34). The SMILES string of the molecule is CCNC(=O)N(Cc1ccccc1C1CCN(Cc2ccc(F)cc2)CC1)CC1CCNCC1. The van der Waals surface area contributed by atoms with Gasteiger partial charge in [0, 0.05) is 26.2 Å². The third-order valence-electron chi connectivity index (χ3n) is 7.32. The molecule has 2 aromatic rings. The molecule has 6 heteroatoms. The Hall–Kier alpha value is -2.44. The van der Waals surface area contributed by atoms with Gasteiger partial charge in [-0.2, -0.15) is 0 Å². The van der Waals surface area contributed by atoms with Crippen molar-refractivity contribution in [3.63, 3.8) is 0 Å². The fraction of sp³-hybridized carbons (Fsp3) is 0.536. The van der Waals surface area contributed by atoms with Crippen molar-refractivity contribution in [1.29, 1.82) is 0 Å². The van der Waals surface area contributed by atoms with E-state index in [-0.39, 0.29) is 11.8 Å². The minimum absolute atomic E-state index is 0.0463. The van der Waals surface area contributed by atoms with Gasteiger partial charge in [-0.25, -0.2) is 9.18 Å². The van der Waals surface area contributed by atoms with Crippen LogP contribution in [0.2, 0.25) is 0 Å². The van der Waals surface area contributed by atoms with Gasteiger partial charge in [0.2, 0.25) is 0 Å². The predicted molar refractivity (Wildman–Crippen MR) is 135 cm³/mol. The van der Waals surface area contributed by atoms with Gasteiger partial charge in [-0.3, -0.25) is 4.90 Å². The second-order valence-electron chi connectivity index (χ2n) is 9.79. The molecule has 2 aromatic carbocycles. The van der Waals surface area contributed by atoms with Crippen LogP contribution in [0.25, 0.3) is 0 Å². The van der Waals surface area contributed by atoms with Crippen LogP contribution in [0.15, 0.2) is 48.5 Å². The molecule has 0 spiro atoms. The highest BCUT2D eigenvalue weighted by Gasteiger charge is 2.25. The fourth-order valence-corrected chi connectivity index (χ4v) is 5.39. The van der Waals surface area contributed by atoms with Crippen molar-refractivity contribution in [2.45, 2.75) is 51.6 Å². The molecule has 2 saturated heterocycles. The number of carbonyl (C=O) groups excluding carboxylic acids is 1. The molecular formula is C28H39FN4O. The Morgan fingerprint density at radius 1 is 1.06 bits per heavy atom. The summed E-state index contributed by atoms with van der Waals surface area (Å²) in [6, 6.07) is 15.6. The highest BCUT2D eigenvalue weighted by Crippen LogP contribution is 2.32. The maximum absolute atomic E-state index is 13.2. The van der Waals surface area contributed by atoms with E-state index in [2.05, 4.69) is 39.8 Å². The minimum atomic E-state index is -0.180. The zero-order valence-electron chi connectivity index (χ0n) is 20.4. The molecule has 2 N–H and O–H groups in total.